The second-order valence-corrected chi connectivity index (χ2v) is 8.96. The van der Waals surface area contributed by atoms with E-state index in [0.29, 0.717) is 0 Å². The number of rotatable bonds is 4. The Morgan fingerprint density at radius 3 is 1.36 bits per heavy atom. The molecule has 0 aliphatic heterocycles. The first-order valence-electron chi connectivity index (χ1n) is 11.5. The van der Waals surface area contributed by atoms with Crippen molar-refractivity contribution < 1.29 is 0 Å². The number of H-pyrrole nitrogens is 2. The molecule has 2 nitrogen and oxygen atoms in total. The van der Waals surface area contributed by atoms with E-state index < -0.39 is 0 Å². The highest BCUT2D eigenvalue weighted by Gasteiger charge is 2.19. The van der Waals surface area contributed by atoms with Gasteiger partial charge in [0, 0.05) is 28.2 Å². The summed E-state index contributed by atoms with van der Waals surface area (Å²) in [5.41, 5.74) is 12.5. The van der Waals surface area contributed by atoms with Crippen molar-refractivity contribution in [3.05, 3.63) is 119 Å². The van der Waals surface area contributed by atoms with Crippen LogP contribution >= 0.6 is 0 Å². The SMILES string of the molecule is Cc1ccc2[nH]c(-c3ccccc3)c(Cc3c(-c4ccccc4)[nH]c4ccc(C)cc34)c2c1. The zero-order valence-corrected chi connectivity index (χ0v) is 18.9. The molecule has 0 bridgehead atoms. The van der Waals surface area contributed by atoms with Crippen molar-refractivity contribution in [2.24, 2.45) is 0 Å². The van der Waals surface area contributed by atoms with Crippen LogP contribution in [0.4, 0.5) is 0 Å². The Balaban J connectivity index is 1.63. The minimum atomic E-state index is 0.849. The van der Waals surface area contributed by atoms with Gasteiger partial charge in [-0.15, -0.1) is 0 Å². The summed E-state index contributed by atoms with van der Waals surface area (Å²) in [5.74, 6) is 0. The first-order valence-corrected chi connectivity index (χ1v) is 11.5. The van der Waals surface area contributed by atoms with Gasteiger partial charge in [-0.25, -0.2) is 0 Å². The normalized spacial score (nSPS) is 11.5. The van der Waals surface area contributed by atoms with Crippen LogP contribution in [0, 0.1) is 13.8 Å². The van der Waals surface area contributed by atoms with E-state index in [-0.39, 0.29) is 0 Å². The third-order valence-electron chi connectivity index (χ3n) is 6.60. The molecule has 0 saturated heterocycles. The second kappa shape index (κ2) is 7.83. The van der Waals surface area contributed by atoms with Crippen LogP contribution in [0.1, 0.15) is 22.3 Å². The summed E-state index contributed by atoms with van der Waals surface area (Å²) in [6, 6.07) is 34.8. The fourth-order valence-electron chi connectivity index (χ4n) is 4.97. The summed E-state index contributed by atoms with van der Waals surface area (Å²) < 4.78 is 0. The summed E-state index contributed by atoms with van der Waals surface area (Å²) >= 11 is 0. The van der Waals surface area contributed by atoms with Crippen molar-refractivity contribution in [1.29, 1.82) is 0 Å². The smallest absolute Gasteiger partial charge is 0.0500 e. The van der Waals surface area contributed by atoms with E-state index in [4.69, 9.17) is 0 Å². The van der Waals surface area contributed by atoms with E-state index >= 15 is 0 Å². The topological polar surface area (TPSA) is 31.6 Å². The highest BCUT2D eigenvalue weighted by atomic mass is 14.7. The van der Waals surface area contributed by atoms with Gasteiger partial charge in [0.2, 0.25) is 0 Å². The lowest BCUT2D eigenvalue weighted by atomic mass is 9.94. The zero-order valence-electron chi connectivity index (χ0n) is 18.9. The molecule has 0 amide bonds. The van der Waals surface area contributed by atoms with Crippen LogP contribution in [-0.2, 0) is 6.42 Å². The lowest BCUT2D eigenvalue weighted by Crippen LogP contribution is -1.93. The summed E-state index contributed by atoms with van der Waals surface area (Å²) in [5, 5.41) is 2.60. The molecule has 6 rings (SSSR count). The zero-order chi connectivity index (χ0) is 22.4. The van der Waals surface area contributed by atoms with Gasteiger partial charge >= 0.3 is 0 Å². The molecule has 33 heavy (non-hydrogen) atoms. The monoisotopic (exact) mass is 426 g/mol. The average molecular weight is 427 g/mol. The number of hydrogen-bond acceptors (Lipinski definition) is 0. The third-order valence-corrected chi connectivity index (χ3v) is 6.60. The van der Waals surface area contributed by atoms with Gasteiger partial charge in [0.15, 0.2) is 0 Å². The van der Waals surface area contributed by atoms with E-state index in [1.807, 2.05) is 0 Å². The Hall–Kier alpha value is -4.04. The maximum atomic E-state index is 3.73. The molecule has 2 N–H and O–H groups in total. The quantitative estimate of drug-likeness (QED) is 0.285. The van der Waals surface area contributed by atoms with Crippen molar-refractivity contribution in [3.63, 3.8) is 0 Å². The highest BCUT2D eigenvalue weighted by molar-refractivity contribution is 5.95. The maximum absolute atomic E-state index is 3.73. The molecule has 6 aromatic rings. The fraction of sp³-hybridized carbons (Fsp3) is 0.0968. The van der Waals surface area contributed by atoms with Crippen LogP contribution in [0.3, 0.4) is 0 Å². The average Bonchev–Trinajstić information content (AvgIpc) is 3.38. The van der Waals surface area contributed by atoms with Gasteiger partial charge in [-0.3, -0.25) is 0 Å². The molecule has 0 radical (unpaired) electrons. The minimum Gasteiger partial charge on any atom is -0.354 e. The molecule has 4 aromatic carbocycles. The number of aromatic nitrogens is 2. The second-order valence-electron chi connectivity index (χ2n) is 8.96. The Morgan fingerprint density at radius 2 is 0.939 bits per heavy atom. The van der Waals surface area contributed by atoms with Crippen LogP contribution < -0.4 is 0 Å². The van der Waals surface area contributed by atoms with Crippen LogP contribution in [0.2, 0.25) is 0 Å². The molecular formula is C31H26N2. The molecule has 0 atom stereocenters. The van der Waals surface area contributed by atoms with Crippen molar-refractivity contribution in [3.8, 4) is 22.5 Å². The molecule has 0 unspecified atom stereocenters. The number of nitrogens with one attached hydrogen (secondary N) is 2. The van der Waals surface area contributed by atoms with E-state index in [9.17, 15) is 0 Å². The van der Waals surface area contributed by atoms with Crippen molar-refractivity contribution >= 4 is 21.8 Å². The van der Waals surface area contributed by atoms with Gasteiger partial charge in [-0.05, 0) is 60.4 Å². The minimum absolute atomic E-state index is 0.849. The fourth-order valence-corrected chi connectivity index (χ4v) is 4.97. The molecule has 2 heterocycles. The van der Waals surface area contributed by atoms with E-state index in [2.05, 4.69) is 121 Å². The summed E-state index contributed by atoms with van der Waals surface area (Å²) in [7, 11) is 0. The standard InChI is InChI=1S/C31H26N2/c1-20-13-15-28-24(17-20)26(30(32-28)22-9-5-3-6-10-22)19-27-25-18-21(2)14-16-29(25)33-31(27)23-11-7-4-8-12-23/h3-18,32-33H,19H2,1-2H3. The predicted octanol–water partition coefficient (Wildman–Crippen LogP) is 8.19. The van der Waals surface area contributed by atoms with Crippen LogP contribution in [0.25, 0.3) is 44.3 Å². The molecule has 0 spiro atoms. The molecule has 2 heteroatoms. The summed E-state index contributed by atoms with van der Waals surface area (Å²) in [6.07, 6.45) is 0.849. The Kier molecular flexibility index (Phi) is 4.66. The number of aryl methyl sites for hydroxylation is 2. The van der Waals surface area contributed by atoms with Gasteiger partial charge in [0.05, 0.1) is 11.4 Å². The molecule has 0 fully saturated rings. The Morgan fingerprint density at radius 1 is 0.515 bits per heavy atom. The number of fused-ring (bicyclic) bond motifs is 2. The number of hydrogen-bond donors (Lipinski definition) is 2. The van der Waals surface area contributed by atoms with Gasteiger partial charge in [0.1, 0.15) is 0 Å². The van der Waals surface area contributed by atoms with E-state index in [1.165, 1.54) is 66.6 Å². The first-order chi connectivity index (χ1) is 16.2. The Labute approximate surface area is 193 Å². The van der Waals surface area contributed by atoms with Crippen LogP contribution in [0.15, 0.2) is 97.1 Å². The maximum Gasteiger partial charge on any atom is 0.0500 e. The highest BCUT2D eigenvalue weighted by Crippen LogP contribution is 2.38. The lowest BCUT2D eigenvalue weighted by Gasteiger charge is -2.09. The van der Waals surface area contributed by atoms with Gasteiger partial charge in [-0.2, -0.15) is 0 Å². The van der Waals surface area contributed by atoms with E-state index in [0.717, 1.165) is 6.42 Å². The van der Waals surface area contributed by atoms with Crippen molar-refractivity contribution in [2.45, 2.75) is 20.3 Å². The van der Waals surface area contributed by atoms with Crippen molar-refractivity contribution in [2.75, 3.05) is 0 Å². The first kappa shape index (κ1) is 19.6. The van der Waals surface area contributed by atoms with Crippen LogP contribution in [-0.4, -0.2) is 9.97 Å². The summed E-state index contributed by atoms with van der Waals surface area (Å²) in [4.78, 5) is 7.46. The lowest BCUT2D eigenvalue weighted by molar-refractivity contribution is 1.22. The number of aromatic amines is 2. The van der Waals surface area contributed by atoms with Crippen molar-refractivity contribution in [1.82, 2.24) is 9.97 Å². The molecule has 160 valence electrons. The molecule has 0 saturated carbocycles. The van der Waals surface area contributed by atoms with Gasteiger partial charge < -0.3 is 9.97 Å². The number of benzene rings is 4. The third kappa shape index (κ3) is 3.44. The molecular weight excluding hydrogens is 400 g/mol. The molecule has 2 aromatic heterocycles. The summed E-state index contributed by atoms with van der Waals surface area (Å²) in [6.45, 7) is 4.34. The molecule has 0 aliphatic rings. The van der Waals surface area contributed by atoms with Gasteiger partial charge in [0.25, 0.3) is 0 Å². The largest absolute Gasteiger partial charge is 0.354 e. The molecule has 0 aliphatic carbocycles. The van der Waals surface area contributed by atoms with E-state index in [1.54, 1.807) is 0 Å². The predicted molar refractivity (Wildman–Crippen MR) is 140 cm³/mol. The van der Waals surface area contributed by atoms with Gasteiger partial charge in [-0.1, -0.05) is 83.9 Å². The Bertz CT molecular complexity index is 1460. The van der Waals surface area contributed by atoms with Crippen LogP contribution in [0.5, 0.6) is 0 Å².